The van der Waals surface area contributed by atoms with E-state index in [0.29, 0.717) is 0 Å². The van der Waals surface area contributed by atoms with Crippen LogP contribution in [0.25, 0.3) is 177 Å². The van der Waals surface area contributed by atoms with Crippen LogP contribution >= 0.6 is 0 Å². The summed E-state index contributed by atoms with van der Waals surface area (Å²) in [6, 6.07) is 176. The Bertz CT molecular complexity index is 7420. The summed E-state index contributed by atoms with van der Waals surface area (Å²) in [6.07, 6.45) is 0. The second-order valence-corrected chi connectivity index (χ2v) is 31.6. The Balaban J connectivity index is 0.000000150. The van der Waals surface area contributed by atoms with Crippen LogP contribution in [0.1, 0.15) is 45.2 Å². The van der Waals surface area contributed by atoms with E-state index in [2.05, 4.69) is 461 Å². The Morgan fingerprint density at radius 3 is 0.713 bits per heavy atom. The smallest absolute Gasteiger partial charge is 0.143 e. The zero-order valence-corrected chi connectivity index (χ0v) is 67.2. The monoisotopic (exact) mass is 1550 g/mol. The van der Waals surface area contributed by atoms with Gasteiger partial charge in [0.25, 0.3) is 0 Å². The van der Waals surface area contributed by atoms with Gasteiger partial charge in [-0.05, 0) is 174 Å². The maximum Gasteiger partial charge on any atom is 0.143 e. The molecule has 2 unspecified atom stereocenters. The van der Waals surface area contributed by atoms with Gasteiger partial charge in [0.1, 0.15) is 22.3 Å². The summed E-state index contributed by atoms with van der Waals surface area (Å²) >= 11 is 0. The van der Waals surface area contributed by atoms with E-state index < -0.39 is 0 Å². The molecule has 20 aromatic carbocycles. The Morgan fingerprint density at radius 2 is 0.361 bits per heavy atom. The van der Waals surface area contributed by atoms with Crippen LogP contribution in [-0.2, 0) is 0 Å². The highest BCUT2D eigenvalue weighted by Gasteiger charge is 2.24. The first-order valence-electron chi connectivity index (χ1n) is 42.0. The average molecular weight is 1560 g/mol. The van der Waals surface area contributed by atoms with E-state index in [1.54, 1.807) is 0 Å². The number of hydrogen-bond donors (Lipinski definition) is 0. The second-order valence-electron chi connectivity index (χ2n) is 31.6. The third kappa shape index (κ3) is 14.8. The normalized spacial score (nSPS) is 11.9. The van der Waals surface area contributed by atoms with E-state index in [1.165, 1.54) is 144 Å². The number of benzene rings is 20. The largest absolute Gasteiger partial charge is 0.455 e. The molecule has 2 atom stereocenters. The number of hydrogen-bond acceptors (Lipinski definition) is 2. The van der Waals surface area contributed by atoms with E-state index in [0.717, 1.165) is 66.1 Å². The maximum atomic E-state index is 6.37. The maximum absolute atomic E-state index is 6.37. The van der Waals surface area contributed by atoms with Crippen LogP contribution in [0, 0.1) is 0 Å². The summed E-state index contributed by atoms with van der Waals surface area (Å²) in [7, 11) is 0. The highest BCUT2D eigenvalue weighted by atomic mass is 16.3. The third-order valence-electron chi connectivity index (χ3n) is 24.4. The van der Waals surface area contributed by atoms with Gasteiger partial charge in [-0.25, -0.2) is 0 Å². The van der Waals surface area contributed by atoms with Crippen molar-refractivity contribution in [3.05, 3.63) is 519 Å². The summed E-state index contributed by atoms with van der Waals surface area (Å²) < 4.78 is 12.7. The molecular formula is C120H82O2. The van der Waals surface area contributed by atoms with Crippen LogP contribution in [-0.4, -0.2) is 0 Å². The number of para-hydroxylation sites is 4. The number of rotatable bonds is 17. The zero-order chi connectivity index (χ0) is 81.1. The molecule has 0 amide bonds. The highest BCUT2D eigenvalue weighted by molar-refractivity contribution is 6.11. The van der Waals surface area contributed by atoms with Crippen molar-refractivity contribution in [3.63, 3.8) is 0 Å². The van der Waals surface area contributed by atoms with Gasteiger partial charge in [0.2, 0.25) is 0 Å². The summed E-state index contributed by atoms with van der Waals surface area (Å²) in [6.45, 7) is 0. The predicted octanol–water partition coefficient (Wildman–Crippen LogP) is 33.0. The minimum Gasteiger partial charge on any atom is -0.455 e. The molecule has 574 valence electrons. The van der Waals surface area contributed by atoms with E-state index >= 15 is 0 Å². The molecule has 22 rings (SSSR count). The first-order chi connectivity index (χ1) is 60.5. The van der Waals surface area contributed by atoms with Crippen molar-refractivity contribution < 1.29 is 8.83 Å². The lowest BCUT2D eigenvalue weighted by Gasteiger charge is -2.23. The fraction of sp³-hybridized carbons (Fsp3) is 0.0167. The molecule has 2 heterocycles. The van der Waals surface area contributed by atoms with E-state index in [1.807, 2.05) is 24.3 Å². The summed E-state index contributed by atoms with van der Waals surface area (Å²) in [4.78, 5) is 0. The Kier molecular flexibility index (Phi) is 20.0. The molecule has 22 aromatic rings. The molecule has 2 nitrogen and oxygen atoms in total. The molecule has 0 saturated carbocycles. The van der Waals surface area contributed by atoms with Crippen LogP contribution in [0.5, 0.6) is 0 Å². The van der Waals surface area contributed by atoms with Gasteiger partial charge >= 0.3 is 0 Å². The fourth-order valence-corrected chi connectivity index (χ4v) is 18.0. The van der Waals surface area contributed by atoms with Crippen molar-refractivity contribution in [1.82, 2.24) is 0 Å². The SMILES string of the molecule is c1ccc(-c2ccc(-c3ccc(C(c4ccc(-c5ccc(-c6cccc7c6oc6ccccc67)cc5)cc4)c4ccc(-c5cccc(-c6ccccc6)c5)cc4)cc3)cc2)cc1.c1ccc(-c2ccc(-c3ccc(C(c4ccc(-c5ccc(-c6cccc7c6oc6ccccc67)cc5)cc4)c4ccc(-c5ccccc5)c5ccccc45)cc3)cc2)cc1. The van der Waals surface area contributed by atoms with E-state index in [4.69, 9.17) is 8.83 Å². The van der Waals surface area contributed by atoms with Crippen LogP contribution in [0.3, 0.4) is 0 Å². The first-order valence-corrected chi connectivity index (χ1v) is 42.0. The van der Waals surface area contributed by atoms with E-state index in [-0.39, 0.29) is 11.8 Å². The standard InChI is InChI=1S/C61H42O.C59H40O/c1-3-11-42(12-4-1)44-21-23-45(24-22-44)47-27-35-51(36-28-47)60(53-39-31-49(32-40-53)55-16-9-15-54(41-55)43-13-5-2-6-14-43)52-37-29-48(30-38-52)46-25-33-50(34-26-46)56-18-10-19-58-57-17-7-8-20-59(57)62-61(56)58;1-3-12-40(13-4-1)41-22-24-42(25-23-41)44-28-34-48(35-29-44)58(55-39-38-50(46-14-5-2-6-15-46)52-16-7-8-17-53(52)55)49-36-30-45(31-37-49)43-26-32-47(33-27-43)51-19-11-20-56-54-18-9-10-21-57(54)60-59(51)56/h1-41,60H;1-39,58H. The quantitative estimate of drug-likeness (QED) is 0.0850. The molecule has 0 bridgehead atoms. The molecule has 0 aliphatic heterocycles. The zero-order valence-electron chi connectivity index (χ0n) is 67.2. The van der Waals surface area contributed by atoms with Crippen LogP contribution in [0.2, 0.25) is 0 Å². The summed E-state index contributed by atoms with van der Waals surface area (Å²) in [5.74, 6) is 0.0740. The van der Waals surface area contributed by atoms with Gasteiger partial charge < -0.3 is 8.83 Å². The van der Waals surface area contributed by atoms with Gasteiger partial charge in [0.05, 0.1) is 0 Å². The van der Waals surface area contributed by atoms with Gasteiger partial charge in [-0.15, -0.1) is 0 Å². The van der Waals surface area contributed by atoms with E-state index in [9.17, 15) is 0 Å². The molecule has 0 spiro atoms. The molecule has 0 N–H and O–H groups in total. The minimum absolute atomic E-state index is 0.0231. The van der Waals surface area contributed by atoms with Crippen LogP contribution < -0.4 is 0 Å². The van der Waals surface area contributed by atoms with Crippen molar-refractivity contribution in [1.29, 1.82) is 0 Å². The fourth-order valence-electron chi connectivity index (χ4n) is 18.0. The molecule has 0 aliphatic rings. The van der Waals surface area contributed by atoms with Crippen LogP contribution in [0.4, 0.5) is 0 Å². The van der Waals surface area contributed by atoms with Crippen molar-refractivity contribution in [3.8, 4) is 122 Å². The number of furan rings is 2. The molecule has 122 heavy (non-hydrogen) atoms. The van der Waals surface area contributed by atoms with Gasteiger partial charge in [-0.1, -0.05) is 467 Å². The number of fused-ring (bicyclic) bond motifs is 7. The van der Waals surface area contributed by atoms with Gasteiger partial charge in [-0.3, -0.25) is 0 Å². The first kappa shape index (κ1) is 73.9. The predicted molar refractivity (Wildman–Crippen MR) is 512 cm³/mol. The van der Waals surface area contributed by atoms with Crippen molar-refractivity contribution >= 4 is 54.6 Å². The summed E-state index contributed by atoms with van der Waals surface area (Å²) in [5, 5.41) is 7.11. The lowest BCUT2D eigenvalue weighted by atomic mass is 9.80. The summed E-state index contributed by atoms with van der Waals surface area (Å²) in [5.41, 5.74) is 37.5. The minimum atomic E-state index is 0.0231. The molecule has 0 aliphatic carbocycles. The van der Waals surface area contributed by atoms with Crippen molar-refractivity contribution in [2.24, 2.45) is 0 Å². The Hall–Kier alpha value is -15.7. The van der Waals surface area contributed by atoms with Gasteiger partial charge in [0, 0.05) is 44.5 Å². The topological polar surface area (TPSA) is 26.3 Å². The van der Waals surface area contributed by atoms with Gasteiger partial charge in [0.15, 0.2) is 0 Å². The van der Waals surface area contributed by atoms with Gasteiger partial charge in [-0.2, -0.15) is 0 Å². The Morgan fingerprint density at radius 1 is 0.131 bits per heavy atom. The average Bonchev–Trinajstić information content (AvgIpc) is 0.814. The molecule has 2 aromatic heterocycles. The highest BCUT2D eigenvalue weighted by Crippen LogP contribution is 2.45. The molecule has 2 heteroatoms. The van der Waals surface area contributed by atoms with Crippen molar-refractivity contribution in [2.75, 3.05) is 0 Å². The van der Waals surface area contributed by atoms with Crippen molar-refractivity contribution in [2.45, 2.75) is 11.8 Å². The molecule has 0 radical (unpaired) electrons. The van der Waals surface area contributed by atoms with Crippen LogP contribution in [0.15, 0.2) is 494 Å². The second kappa shape index (κ2) is 33.0. The molecular weight excluding hydrogens is 1470 g/mol. The lowest BCUT2D eigenvalue weighted by molar-refractivity contribution is 0.669. The lowest BCUT2D eigenvalue weighted by Crippen LogP contribution is -2.05. The Labute approximate surface area is 711 Å². The molecule has 0 saturated heterocycles. The molecule has 0 fully saturated rings. The third-order valence-corrected chi connectivity index (χ3v) is 24.4.